The van der Waals surface area contributed by atoms with E-state index in [-0.39, 0.29) is 0 Å². The van der Waals surface area contributed by atoms with Gasteiger partial charge in [0.1, 0.15) is 0 Å². The van der Waals surface area contributed by atoms with Gasteiger partial charge in [0.2, 0.25) is 0 Å². The summed E-state index contributed by atoms with van der Waals surface area (Å²) in [5.74, 6) is 0. The van der Waals surface area contributed by atoms with Crippen LogP contribution in [0.3, 0.4) is 0 Å². The number of nitrogens with zero attached hydrogens (tertiary/aromatic N) is 2. The summed E-state index contributed by atoms with van der Waals surface area (Å²) in [4.78, 5) is 0. The largest absolute Gasteiger partial charge is 0.309 e. The molecule has 0 unspecified atom stereocenters. The highest BCUT2D eigenvalue weighted by molar-refractivity contribution is 7.25. The second-order valence-corrected chi connectivity index (χ2v) is 16.7. The number of hydrogen-bond donors (Lipinski definition) is 0. The van der Waals surface area contributed by atoms with Gasteiger partial charge >= 0.3 is 0 Å². The Bertz CT molecular complexity index is 3840. The first kappa shape index (κ1) is 32.6. The highest BCUT2D eigenvalue weighted by atomic mass is 32.1. The Morgan fingerprint density at radius 3 is 1.71 bits per heavy atom. The van der Waals surface area contributed by atoms with Crippen molar-refractivity contribution in [3.05, 3.63) is 206 Å². The van der Waals surface area contributed by atoms with Crippen molar-refractivity contribution < 1.29 is 0 Å². The zero-order valence-corrected chi connectivity index (χ0v) is 32.7. The summed E-state index contributed by atoms with van der Waals surface area (Å²) in [5, 5.41) is 12.7. The molecule has 0 amide bonds. The van der Waals surface area contributed by atoms with E-state index in [4.69, 9.17) is 0 Å². The van der Waals surface area contributed by atoms with Crippen LogP contribution < -0.4 is 0 Å². The third kappa shape index (κ3) is 4.80. The van der Waals surface area contributed by atoms with E-state index in [0.29, 0.717) is 0 Å². The first-order valence-electron chi connectivity index (χ1n) is 20.3. The maximum atomic E-state index is 2.48. The van der Waals surface area contributed by atoms with Crippen molar-refractivity contribution in [3.63, 3.8) is 0 Å². The molecule has 0 saturated heterocycles. The standard InChI is InChI=1S/C56H34N2S/c1-3-14-41-35(11-1)13-9-18-42(41)37-23-28-40(29-24-37)57-50-31-26-39(34-48(50)45-30-25-36-12-2-4-15-43(36)56(45)57)38-27-32-51-47(33-38)44-16-5-7-19-49(44)58(51)52-20-10-22-54-55(52)46-17-6-8-21-53(46)59-54/h1-34H. The SMILES string of the molecule is c1ccc2c(-c3ccc(-n4c5ccc(-c6ccc7c(c6)c6ccccc6n7-c6cccc7sc8ccccc8c67)cc5c5ccc6ccccc6c54)cc3)cccc2c1. The van der Waals surface area contributed by atoms with Crippen LogP contribution in [0.1, 0.15) is 0 Å². The van der Waals surface area contributed by atoms with Crippen molar-refractivity contribution in [2.75, 3.05) is 0 Å². The zero-order chi connectivity index (χ0) is 38.6. The van der Waals surface area contributed by atoms with E-state index in [1.165, 1.54) is 113 Å². The number of aromatic nitrogens is 2. The molecule has 13 aromatic rings. The van der Waals surface area contributed by atoms with Crippen molar-refractivity contribution in [1.29, 1.82) is 0 Å². The molecule has 0 spiro atoms. The molecule has 0 atom stereocenters. The average molecular weight is 767 g/mol. The Kier molecular flexibility index (Phi) is 6.92. The van der Waals surface area contributed by atoms with E-state index in [9.17, 15) is 0 Å². The second-order valence-electron chi connectivity index (χ2n) is 15.7. The monoisotopic (exact) mass is 766 g/mol. The van der Waals surface area contributed by atoms with Crippen LogP contribution in [0.4, 0.5) is 0 Å². The third-order valence-corrected chi connectivity index (χ3v) is 13.6. The fraction of sp³-hybridized carbons (Fsp3) is 0. The van der Waals surface area contributed by atoms with Crippen molar-refractivity contribution in [2.45, 2.75) is 0 Å². The topological polar surface area (TPSA) is 9.86 Å². The van der Waals surface area contributed by atoms with Gasteiger partial charge in [-0.05, 0) is 99.1 Å². The van der Waals surface area contributed by atoms with Crippen molar-refractivity contribution in [3.8, 4) is 33.6 Å². The summed E-state index contributed by atoms with van der Waals surface area (Å²) in [6.07, 6.45) is 0. The lowest BCUT2D eigenvalue weighted by atomic mass is 9.98. The molecule has 59 heavy (non-hydrogen) atoms. The van der Waals surface area contributed by atoms with Gasteiger partial charge in [-0.3, -0.25) is 0 Å². The maximum absolute atomic E-state index is 2.48. The van der Waals surface area contributed by atoms with Crippen LogP contribution in [-0.2, 0) is 0 Å². The Labute approximate surface area is 344 Å². The van der Waals surface area contributed by atoms with Crippen LogP contribution in [0.25, 0.3) is 119 Å². The van der Waals surface area contributed by atoms with E-state index in [2.05, 4.69) is 215 Å². The summed E-state index contributed by atoms with van der Waals surface area (Å²) < 4.78 is 7.58. The smallest absolute Gasteiger partial charge is 0.0619 e. The van der Waals surface area contributed by atoms with E-state index in [1.807, 2.05) is 11.3 Å². The number of fused-ring (bicyclic) bond motifs is 12. The van der Waals surface area contributed by atoms with E-state index in [1.54, 1.807) is 0 Å². The van der Waals surface area contributed by atoms with Crippen LogP contribution in [-0.4, -0.2) is 9.13 Å². The first-order chi connectivity index (χ1) is 29.3. The maximum Gasteiger partial charge on any atom is 0.0619 e. The lowest BCUT2D eigenvalue weighted by Crippen LogP contribution is -1.95. The van der Waals surface area contributed by atoms with Gasteiger partial charge in [0.15, 0.2) is 0 Å². The minimum Gasteiger partial charge on any atom is -0.309 e. The Hall–Kier alpha value is -7.46. The summed E-state index contributed by atoms with van der Waals surface area (Å²) in [6, 6.07) is 76.2. The molecule has 0 N–H and O–H groups in total. The molecule has 3 heteroatoms. The highest BCUT2D eigenvalue weighted by Crippen LogP contribution is 2.43. The molecule has 0 fully saturated rings. The van der Waals surface area contributed by atoms with Crippen molar-refractivity contribution >= 4 is 96.7 Å². The number of benzene rings is 10. The first-order valence-corrected chi connectivity index (χ1v) is 21.1. The van der Waals surface area contributed by atoms with Gasteiger partial charge in [0, 0.05) is 52.8 Å². The van der Waals surface area contributed by atoms with Crippen LogP contribution in [0.2, 0.25) is 0 Å². The quantitative estimate of drug-likeness (QED) is 0.169. The van der Waals surface area contributed by atoms with Crippen molar-refractivity contribution in [2.24, 2.45) is 0 Å². The molecular formula is C56H34N2S. The molecule has 3 heterocycles. The van der Waals surface area contributed by atoms with Crippen LogP contribution in [0.5, 0.6) is 0 Å². The molecule has 0 bridgehead atoms. The second kappa shape index (κ2) is 12.5. The van der Waals surface area contributed by atoms with Gasteiger partial charge in [-0.1, -0.05) is 146 Å². The van der Waals surface area contributed by atoms with E-state index >= 15 is 0 Å². The molecular weight excluding hydrogens is 733 g/mol. The van der Waals surface area contributed by atoms with Gasteiger partial charge in [-0.25, -0.2) is 0 Å². The number of hydrogen-bond acceptors (Lipinski definition) is 1. The fourth-order valence-electron chi connectivity index (χ4n) is 9.85. The van der Waals surface area contributed by atoms with Crippen molar-refractivity contribution in [1.82, 2.24) is 9.13 Å². The fourth-order valence-corrected chi connectivity index (χ4v) is 11.0. The molecule has 0 aliphatic rings. The Balaban J connectivity index is 0.995. The predicted octanol–water partition coefficient (Wildman–Crippen LogP) is 15.9. The number of thiophene rings is 1. The lowest BCUT2D eigenvalue weighted by molar-refractivity contribution is 1.19. The number of rotatable bonds is 4. The summed E-state index contributed by atoms with van der Waals surface area (Å²) in [7, 11) is 0. The van der Waals surface area contributed by atoms with Gasteiger partial charge in [0.05, 0.1) is 27.8 Å². The van der Waals surface area contributed by atoms with E-state index < -0.39 is 0 Å². The third-order valence-electron chi connectivity index (χ3n) is 12.5. The molecule has 0 aliphatic carbocycles. The molecule has 274 valence electrons. The summed E-state index contributed by atoms with van der Waals surface area (Å²) in [6.45, 7) is 0. The Morgan fingerprint density at radius 1 is 0.322 bits per heavy atom. The van der Waals surface area contributed by atoms with Gasteiger partial charge in [-0.2, -0.15) is 0 Å². The molecule has 13 rings (SSSR count). The lowest BCUT2D eigenvalue weighted by Gasteiger charge is -2.12. The molecule has 3 aromatic heterocycles. The summed E-state index contributed by atoms with van der Waals surface area (Å²) >= 11 is 1.87. The van der Waals surface area contributed by atoms with Gasteiger partial charge in [0.25, 0.3) is 0 Å². The van der Waals surface area contributed by atoms with E-state index in [0.717, 1.165) is 5.69 Å². The highest BCUT2D eigenvalue weighted by Gasteiger charge is 2.19. The average Bonchev–Trinajstić information content (AvgIpc) is 3.96. The minimum absolute atomic E-state index is 1.15. The predicted molar refractivity (Wildman–Crippen MR) is 254 cm³/mol. The molecule has 10 aromatic carbocycles. The number of para-hydroxylation sites is 1. The van der Waals surface area contributed by atoms with Crippen LogP contribution in [0, 0.1) is 0 Å². The van der Waals surface area contributed by atoms with Gasteiger partial charge in [-0.15, -0.1) is 11.3 Å². The summed E-state index contributed by atoms with van der Waals surface area (Å²) in [5.41, 5.74) is 12.1. The van der Waals surface area contributed by atoms with Crippen LogP contribution in [0.15, 0.2) is 206 Å². The minimum atomic E-state index is 1.15. The van der Waals surface area contributed by atoms with Crippen LogP contribution >= 0.6 is 11.3 Å². The molecule has 0 saturated carbocycles. The zero-order valence-electron chi connectivity index (χ0n) is 31.9. The molecule has 0 radical (unpaired) electrons. The Morgan fingerprint density at radius 2 is 0.898 bits per heavy atom. The molecule has 0 aliphatic heterocycles. The normalized spacial score (nSPS) is 12.1. The van der Waals surface area contributed by atoms with Gasteiger partial charge < -0.3 is 9.13 Å². The molecule has 2 nitrogen and oxygen atoms in total.